The number of piperazine rings is 1. The molecule has 1 fully saturated rings. The number of anilines is 2. The second kappa shape index (κ2) is 9.58. The van der Waals surface area contributed by atoms with Crippen molar-refractivity contribution in [1.29, 1.82) is 5.41 Å². The Kier molecular flexibility index (Phi) is 6.60. The number of halogens is 1. The van der Waals surface area contributed by atoms with Gasteiger partial charge in [-0.1, -0.05) is 0 Å². The van der Waals surface area contributed by atoms with Gasteiger partial charge in [0.25, 0.3) is 5.91 Å². The molecule has 4 rings (SSSR count). The number of nitrogens with zero attached hydrogens (tertiary/aromatic N) is 2. The fraction of sp³-hybridized carbons (Fsp3) is 0.375. The second-order valence-corrected chi connectivity index (χ2v) is 8.47. The number of fused-ring (bicyclic) bond motifs is 1. The standard InChI is InChI=1S/C24H28FN5O3/c1-15(31)27-23(26)16-3-6-19(7-4-16)28-24(32)21-8-5-17-13-18(25)14-20(22(17)33-21)30-11-9-29(2)10-12-30/h3-4,6-7,13-14,21H,5,8-12H2,1-2H3,(H,28,32)(H2,26,27,31). The molecule has 0 spiro atoms. The van der Waals surface area contributed by atoms with Gasteiger partial charge in [0.2, 0.25) is 5.91 Å². The van der Waals surface area contributed by atoms with Crippen molar-refractivity contribution >= 4 is 29.0 Å². The van der Waals surface area contributed by atoms with Crippen molar-refractivity contribution in [1.82, 2.24) is 10.2 Å². The summed E-state index contributed by atoms with van der Waals surface area (Å²) in [4.78, 5) is 28.4. The molecule has 8 nitrogen and oxygen atoms in total. The summed E-state index contributed by atoms with van der Waals surface area (Å²) in [5.41, 5.74) is 2.59. The molecule has 0 bridgehead atoms. The molecule has 0 radical (unpaired) electrons. The highest BCUT2D eigenvalue weighted by Crippen LogP contribution is 2.39. The first-order chi connectivity index (χ1) is 15.8. The van der Waals surface area contributed by atoms with Crippen LogP contribution in [-0.4, -0.2) is 61.9 Å². The molecule has 1 saturated heterocycles. The van der Waals surface area contributed by atoms with E-state index in [9.17, 15) is 14.0 Å². The monoisotopic (exact) mass is 453 g/mol. The minimum Gasteiger partial charge on any atom is -0.478 e. The van der Waals surface area contributed by atoms with E-state index in [1.54, 1.807) is 24.3 Å². The van der Waals surface area contributed by atoms with Crippen LogP contribution >= 0.6 is 0 Å². The van der Waals surface area contributed by atoms with Crippen LogP contribution < -0.4 is 20.3 Å². The van der Waals surface area contributed by atoms with Gasteiger partial charge in [-0.05, 0) is 55.8 Å². The predicted molar refractivity (Wildman–Crippen MR) is 125 cm³/mol. The summed E-state index contributed by atoms with van der Waals surface area (Å²) in [6.07, 6.45) is 0.320. The van der Waals surface area contributed by atoms with Crippen molar-refractivity contribution in [2.24, 2.45) is 0 Å². The molecule has 2 aliphatic rings. The first kappa shape index (κ1) is 22.7. The predicted octanol–water partition coefficient (Wildman–Crippen LogP) is 2.37. The number of carbonyl (C=O) groups is 2. The quantitative estimate of drug-likeness (QED) is 0.488. The minimum atomic E-state index is -0.688. The summed E-state index contributed by atoms with van der Waals surface area (Å²) < 4.78 is 20.4. The van der Waals surface area contributed by atoms with E-state index in [1.807, 2.05) is 0 Å². The maximum absolute atomic E-state index is 14.3. The van der Waals surface area contributed by atoms with Gasteiger partial charge in [-0.3, -0.25) is 15.0 Å². The fourth-order valence-corrected chi connectivity index (χ4v) is 4.10. The van der Waals surface area contributed by atoms with Crippen LogP contribution in [0.2, 0.25) is 0 Å². The lowest BCUT2D eigenvalue weighted by molar-refractivity contribution is -0.123. The van der Waals surface area contributed by atoms with Crippen LogP contribution in [0.1, 0.15) is 24.5 Å². The van der Waals surface area contributed by atoms with Gasteiger partial charge >= 0.3 is 0 Å². The zero-order valence-electron chi connectivity index (χ0n) is 18.8. The van der Waals surface area contributed by atoms with Crippen molar-refractivity contribution in [2.45, 2.75) is 25.9 Å². The van der Waals surface area contributed by atoms with Gasteiger partial charge in [-0.15, -0.1) is 0 Å². The molecule has 1 unspecified atom stereocenters. The number of hydrogen-bond acceptors (Lipinski definition) is 6. The molecule has 9 heteroatoms. The summed E-state index contributed by atoms with van der Waals surface area (Å²) in [7, 11) is 2.06. The van der Waals surface area contributed by atoms with E-state index in [0.29, 0.717) is 35.5 Å². The molecule has 33 heavy (non-hydrogen) atoms. The Morgan fingerprint density at radius 1 is 1.12 bits per heavy atom. The third-order valence-electron chi connectivity index (χ3n) is 5.93. The Bertz CT molecular complexity index is 1060. The number of rotatable bonds is 4. The maximum atomic E-state index is 14.3. The second-order valence-electron chi connectivity index (χ2n) is 8.47. The molecule has 2 aromatic rings. The third-order valence-corrected chi connectivity index (χ3v) is 5.93. The van der Waals surface area contributed by atoms with Gasteiger partial charge in [0.1, 0.15) is 17.4 Å². The van der Waals surface area contributed by atoms with Gasteiger partial charge in [0, 0.05) is 50.4 Å². The highest BCUT2D eigenvalue weighted by Gasteiger charge is 2.30. The van der Waals surface area contributed by atoms with Crippen LogP contribution in [0.5, 0.6) is 5.75 Å². The SMILES string of the molecule is CC(=O)NC(=N)c1ccc(NC(=O)C2CCc3cc(F)cc(N4CCN(C)CC4)c3O2)cc1. The Morgan fingerprint density at radius 3 is 2.48 bits per heavy atom. The molecule has 2 heterocycles. The molecule has 174 valence electrons. The van der Waals surface area contributed by atoms with Crippen LogP contribution in [-0.2, 0) is 16.0 Å². The van der Waals surface area contributed by atoms with Crippen molar-refractivity contribution in [3.8, 4) is 5.75 Å². The zero-order chi connectivity index (χ0) is 23.5. The summed E-state index contributed by atoms with van der Waals surface area (Å²) in [5.74, 6) is -0.302. The number of ether oxygens (including phenoxy) is 1. The number of nitrogens with one attached hydrogen (secondary N) is 3. The maximum Gasteiger partial charge on any atom is 0.265 e. The minimum absolute atomic E-state index is 0.00346. The van der Waals surface area contributed by atoms with Crippen LogP contribution in [0.3, 0.4) is 0 Å². The van der Waals surface area contributed by atoms with Gasteiger partial charge in [0.15, 0.2) is 6.10 Å². The molecule has 3 N–H and O–H groups in total. The van der Waals surface area contributed by atoms with Crippen LogP contribution in [0.25, 0.3) is 0 Å². The lowest BCUT2D eigenvalue weighted by Crippen LogP contribution is -2.45. The third kappa shape index (κ3) is 5.31. The van der Waals surface area contributed by atoms with E-state index >= 15 is 0 Å². The normalized spacial score (nSPS) is 18.2. The summed E-state index contributed by atoms with van der Waals surface area (Å²) in [6, 6.07) is 9.63. The van der Waals surface area contributed by atoms with Crippen molar-refractivity contribution in [2.75, 3.05) is 43.4 Å². The average Bonchev–Trinajstić information content (AvgIpc) is 2.78. The van der Waals surface area contributed by atoms with Gasteiger partial charge in [0.05, 0.1) is 5.69 Å². The van der Waals surface area contributed by atoms with Gasteiger partial charge in [-0.25, -0.2) is 4.39 Å². The Hall–Kier alpha value is -3.46. The molecule has 0 aliphatic carbocycles. The van der Waals surface area contributed by atoms with E-state index in [0.717, 1.165) is 31.7 Å². The summed E-state index contributed by atoms with van der Waals surface area (Å²) in [5, 5.41) is 13.1. The Labute approximate surface area is 192 Å². The molecule has 0 aromatic heterocycles. The largest absolute Gasteiger partial charge is 0.478 e. The first-order valence-electron chi connectivity index (χ1n) is 11.0. The van der Waals surface area contributed by atoms with Gasteiger partial charge < -0.3 is 25.2 Å². The number of carbonyl (C=O) groups excluding carboxylic acids is 2. The van der Waals surface area contributed by atoms with E-state index in [4.69, 9.17) is 10.1 Å². The Morgan fingerprint density at radius 2 is 1.82 bits per heavy atom. The van der Waals surface area contributed by atoms with E-state index < -0.39 is 6.10 Å². The highest BCUT2D eigenvalue weighted by atomic mass is 19.1. The molecule has 1 atom stereocenters. The molecular weight excluding hydrogens is 425 g/mol. The summed E-state index contributed by atoms with van der Waals surface area (Å²) >= 11 is 0. The van der Waals surface area contributed by atoms with E-state index in [-0.39, 0.29) is 23.5 Å². The van der Waals surface area contributed by atoms with E-state index in [2.05, 4.69) is 27.5 Å². The van der Waals surface area contributed by atoms with E-state index in [1.165, 1.54) is 19.1 Å². The summed E-state index contributed by atoms with van der Waals surface area (Å²) in [6.45, 7) is 4.64. The van der Waals surface area contributed by atoms with Crippen molar-refractivity contribution < 1.29 is 18.7 Å². The number of hydrogen-bond donors (Lipinski definition) is 3. The number of aryl methyl sites for hydroxylation is 1. The van der Waals surface area contributed by atoms with Crippen LogP contribution in [0.15, 0.2) is 36.4 Å². The van der Waals surface area contributed by atoms with Crippen LogP contribution in [0.4, 0.5) is 15.8 Å². The Balaban J connectivity index is 1.45. The molecule has 2 aromatic carbocycles. The van der Waals surface area contributed by atoms with Crippen LogP contribution in [0, 0.1) is 11.2 Å². The van der Waals surface area contributed by atoms with Crippen molar-refractivity contribution in [3.05, 3.63) is 53.3 Å². The number of amidine groups is 1. The average molecular weight is 454 g/mol. The first-order valence-corrected chi connectivity index (χ1v) is 11.0. The number of likely N-dealkylation sites (N-methyl/N-ethyl adjacent to an activating group) is 1. The molecule has 2 amide bonds. The number of amides is 2. The highest BCUT2D eigenvalue weighted by molar-refractivity contribution is 6.06. The lowest BCUT2D eigenvalue weighted by Gasteiger charge is -2.37. The van der Waals surface area contributed by atoms with Gasteiger partial charge in [-0.2, -0.15) is 0 Å². The van der Waals surface area contributed by atoms with Crippen molar-refractivity contribution in [3.63, 3.8) is 0 Å². The lowest BCUT2D eigenvalue weighted by atomic mass is 9.99. The smallest absolute Gasteiger partial charge is 0.265 e. The molecule has 0 saturated carbocycles. The molecule has 2 aliphatic heterocycles. The fourth-order valence-electron chi connectivity index (χ4n) is 4.10. The number of benzene rings is 2. The topological polar surface area (TPSA) is 97.8 Å². The zero-order valence-corrected chi connectivity index (χ0v) is 18.8. The molecular formula is C24H28FN5O3.